The van der Waals surface area contributed by atoms with Crippen molar-refractivity contribution in [3.8, 4) is 0 Å². The highest BCUT2D eigenvalue weighted by atomic mass is 16.6. The first kappa shape index (κ1) is 14.9. The fraction of sp³-hybridized carbons (Fsp3) is 0.857. The van der Waals surface area contributed by atoms with Gasteiger partial charge in [0.2, 0.25) is 0 Å². The van der Waals surface area contributed by atoms with Gasteiger partial charge in [-0.15, -0.1) is 0 Å². The molecule has 1 saturated heterocycles. The maximum absolute atomic E-state index is 11.6. The third-order valence-electron chi connectivity index (χ3n) is 3.85. The number of nitrogens with one attached hydrogen (secondary N) is 1. The van der Waals surface area contributed by atoms with Crippen molar-refractivity contribution < 1.29 is 9.53 Å². The van der Waals surface area contributed by atoms with E-state index in [0.29, 0.717) is 19.7 Å². The average molecular weight is 282 g/mol. The minimum absolute atomic E-state index is 0.205. The van der Waals surface area contributed by atoms with Crippen LogP contribution in [0.4, 0.5) is 4.79 Å². The lowest BCUT2D eigenvalue weighted by Crippen LogP contribution is -2.54. The molecule has 1 aliphatic heterocycles. The number of amides is 1. The average Bonchev–Trinajstić information content (AvgIpc) is 3.28. The summed E-state index contributed by atoms with van der Waals surface area (Å²) in [6.45, 7) is 6.27. The molecule has 6 heteroatoms. The van der Waals surface area contributed by atoms with Crippen molar-refractivity contribution in [3.63, 3.8) is 0 Å². The molecule has 2 aliphatic rings. The summed E-state index contributed by atoms with van der Waals surface area (Å²) in [5.74, 6) is 1.88. The lowest BCUT2D eigenvalue weighted by molar-refractivity contribution is 0.0914. The second-order valence-electron chi connectivity index (χ2n) is 5.38. The van der Waals surface area contributed by atoms with E-state index in [1.54, 1.807) is 4.90 Å². The summed E-state index contributed by atoms with van der Waals surface area (Å²) < 4.78 is 5.02. The maximum Gasteiger partial charge on any atom is 0.409 e. The van der Waals surface area contributed by atoms with Gasteiger partial charge >= 0.3 is 6.09 Å². The summed E-state index contributed by atoms with van der Waals surface area (Å²) in [4.78, 5) is 19.9. The highest BCUT2D eigenvalue weighted by Gasteiger charge is 2.24. The lowest BCUT2D eigenvalue weighted by Gasteiger charge is -2.35. The minimum atomic E-state index is -0.205. The second kappa shape index (κ2) is 7.36. The Kier molecular flexibility index (Phi) is 5.49. The Bertz CT molecular complexity index is 347. The standard InChI is InChI=1S/C14H26N4O2/c1-3-20-14(19)18-10-8-17(9-11-18)13(15-2)16-7-6-12-4-5-12/h12H,3-11H2,1-2H3,(H,15,16). The van der Waals surface area contributed by atoms with Gasteiger partial charge in [0.05, 0.1) is 6.61 Å². The van der Waals surface area contributed by atoms with Crippen LogP contribution in [0.3, 0.4) is 0 Å². The quantitative estimate of drug-likeness (QED) is 0.620. The van der Waals surface area contributed by atoms with Crippen molar-refractivity contribution in [3.05, 3.63) is 0 Å². The Morgan fingerprint density at radius 1 is 1.25 bits per heavy atom. The summed E-state index contributed by atoms with van der Waals surface area (Å²) in [6, 6.07) is 0. The topological polar surface area (TPSA) is 57.2 Å². The Morgan fingerprint density at radius 3 is 2.45 bits per heavy atom. The van der Waals surface area contributed by atoms with Gasteiger partial charge in [-0.1, -0.05) is 12.8 Å². The molecule has 2 rings (SSSR count). The Labute approximate surface area is 121 Å². The van der Waals surface area contributed by atoms with Gasteiger partial charge in [0.15, 0.2) is 5.96 Å². The molecule has 1 N–H and O–H groups in total. The van der Waals surface area contributed by atoms with Gasteiger partial charge in [-0.2, -0.15) is 0 Å². The van der Waals surface area contributed by atoms with Crippen molar-refractivity contribution in [2.75, 3.05) is 46.4 Å². The zero-order valence-electron chi connectivity index (χ0n) is 12.6. The van der Waals surface area contributed by atoms with Gasteiger partial charge in [0, 0.05) is 39.8 Å². The molecule has 1 saturated carbocycles. The van der Waals surface area contributed by atoms with Crippen LogP contribution in [0.15, 0.2) is 4.99 Å². The van der Waals surface area contributed by atoms with E-state index >= 15 is 0 Å². The number of nitrogens with zero attached hydrogens (tertiary/aromatic N) is 3. The summed E-state index contributed by atoms with van der Waals surface area (Å²) in [7, 11) is 1.82. The highest BCUT2D eigenvalue weighted by Crippen LogP contribution is 2.31. The van der Waals surface area contributed by atoms with E-state index in [4.69, 9.17) is 4.74 Å². The number of carbonyl (C=O) groups excluding carboxylic acids is 1. The Morgan fingerprint density at radius 2 is 1.90 bits per heavy atom. The molecule has 0 aromatic rings. The summed E-state index contributed by atoms with van der Waals surface area (Å²) >= 11 is 0. The third kappa shape index (κ3) is 4.28. The van der Waals surface area contributed by atoms with E-state index < -0.39 is 0 Å². The normalized spacial score (nSPS) is 20.0. The Balaban J connectivity index is 1.71. The summed E-state index contributed by atoms with van der Waals surface area (Å²) in [5, 5.41) is 3.42. The van der Waals surface area contributed by atoms with Gasteiger partial charge in [-0.05, 0) is 19.3 Å². The first-order valence-corrected chi connectivity index (χ1v) is 7.62. The molecule has 1 aliphatic carbocycles. The first-order valence-electron chi connectivity index (χ1n) is 7.62. The van der Waals surface area contributed by atoms with E-state index in [2.05, 4.69) is 15.2 Å². The van der Waals surface area contributed by atoms with Crippen molar-refractivity contribution >= 4 is 12.1 Å². The zero-order valence-corrected chi connectivity index (χ0v) is 12.6. The van der Waals surface area contributed by atoms with Gasteiger partial charge in [-0.3, -0.25) is 4.99 Å². The van der Waals surface area contributed by atoms with Gasteiger partial charge in [-0.25, -0.2) is 4.79 Å². The molecule has 0 atom stereocenters. The number of aliphatic imine (C=N–C) groups is 1. The number of hydrogen-bond donors (Lipinski definition) is 1. The van der Waals surface area contributed by atoms with E-state index in [0.717, 1.165) is 31.5 Å². The van der Waals surface area contributed by atoms with Crippen LogP contribution in [0.5, 0.6) is 0 Å². The predicted octanol–water partition coefficient (Wildman–Crippen LogP) is 1.14. The smallest absolute Gasteiger partial charge is 0.409 e. The van der Waals surface area contributed by atoms with Gasteiger partial charge in [0.25, 0.3) is 0 Å². The number of piperazine rings is 1. The van der Waals surface area contributed by atoms with Gasteiger partial charge in [0.1, 0.15) is 0 Å². The molecule has 1 amide bonds. The fourth-order valence-corrected chi connectivity index (χ4v) is 2.44. The molecule has 6 nitrogen and oxygen atoms in total. The number of carbonyl (C=O) groups is 1. The summed E-state index contributed by atoms with van der Waals surface area (Å²) in [5.41, 5.74) is 0. The number of ether oxygens (including phenoxy) is 1. The van der Waals surface area contributed by atoms with E-state index in [9.17, 15) is 4.79 Å². The van der Waals surface area contributed by atoms with E-state index in [-0.39, 0.29) is 6.09 Å². The largest absolute Gasteiger partial charge is 0.450 e. The SMILES string of the molecule is CCOC(=O)N1CCN(C(=NC)NCCC2CC2)CC1. The van der Waals surface area contributed by atoms with E-state index in [1.807, 2.05) is 14.0 Å². The van der Waals surface area contributed by atoms with Crippen molar-refractivity contribution in [2.45, 2.75) is 26.2 Å². The zero-order chi connectivity index (χ0) is 14.4. The van der Waals surface area contributed by atoms with Crippen LogP contribution in [0.1, 0.15) is 26.2 Å². The van der Waals surface area contributed by atoms with Crippen LogP contribution in [0, 0.1) is 5.92 Å². The fourth-order valence-electron chi connectivity index (χ4n) is 2.44. The molecule has 1 heterocycles. The maximum atomic E-state index is 11.6. The van der Waals surface area contributed by atoms with Crippen LogP contribution in [0.2, 0.25) is 0 Å². The summed E-state index contributed by atoms with van der Waals surface area (Å²) in [6.07, 6.45) is 3.81. The molecular weight excluding hydrogens is 256 g/mol. The number of guanidine groups is 1. The minimum Gasteiger partial charge on any atom is -0.450 e. The molecular formula is C14H26N4O2. The molecule has 0 aromatic carbocycles. The lowest BCUT2D eigenvalue weighted by atomic mass is 10.3. The second-order valence-corrected chi connectivity index (χ2v) is 5.38. The first-order chi connectivity index (χ1) is 9.74. The molecule has 2 fully saturated rings. The van der Waals surface area contributed by atoms with E-state index in [1.165, 1.54) is 19.3 Å². The predicted molar refractivity (Wildman–Crippen MR) is 78.9 cm³/mol. The molecule has 0 unspecified atom stereocenters. The van der Waals surface area contributed by atoms with Crippen molar-refractivity contribution in [1.82, 2.24) is 15.1 Å². The monoisotopic (exact) mass is 282 g/mol. The van der Waals surface area contributed by atoms with Gasteiger partial charge < -0.3 is 19.9 Å². The molecule has 0 bridgehead atoms. The molecule has 0 spiro atoms. The van der Waals surface area contributed by atoms with Crippen LogP contribution in [0.25, 0.3) is 0 Å². The van der Waals surface area contributed by atoms with Crippen molar-refractivity contribution in [1.29, 1.82) is 0 Å². The van der Waals surface area contributed by atoms with Crippen LogP contribution < -0.4 is 5.32 Å². The van der Waals surface area contributed by atoms with Crippen LogP contribution >= 0.6 is 0 Å². The molecule has 0 radical (unpaired) electrons. The third-order valence-corrected chi connectivity index (χ3v) is 3.85. The number of hydrogen-bond acceptors (Lipinski definition) is 3. The number of rotatable bonds is 4. The Hall–Kier alpha value is -1.46. The molecule has 0 aromatic heterocycles. The van der Waals surface area contributed by atoms with Crippen LogP contribution in [-0.4, -0.2) is 68.2 Å². The highest BCUT2D eigenvalue weighted by molar-refractivity contribution is 5.80. The molecule has 20 heavy (non-hydrogen) atoms. The van der Waals surface area contributed by atoms with Crippen molar-refractivity contribution in [2.24, 2.45) is 10.9 Å². The van der Waals surface area contributed by atoms with Crippen LogP contribution in [-0.2, 0) is 4.74 Å². The molecule has 114 valence electrons.